The molecular weight excluding hydrogens is 276 g/mol. The summed E-state index contributed by atoms with van der Waals surface area (Å²) in [5, 5.41) is 3.36. The summed E-state index contributed by atoms with van der Waals surface area (Å²) >= 11 is 3.56. The highest BCUT2D eigenvalue weighted by atomic mass is 79.9. The molecule has 3 heteroatoms. The molecule has 2 nitrogen and oxygen atoms in total. The Bertz CT molecular complexity index is 374. The molecule has 1 heterocycles. The Kier molecular flexibility index (Phi) is 4.60. The number of nitrogens with zero attached hydrogens (tertiary/aromatic N) is 1. The van der Waals surface area contributed by atoms with Gasteiger partial charge in [0, 0.05) is 30.1 Å². The maximum atomic E-state index is 3.56. The Hall–Kier alpha value is -0.380. The molecule has 0 aromatic heterocycles. The number of hydrogen-bond acceptors (Lipinski definition) is 2. The monoisotopic (exact) mass is 296 g/mol. The van der Waals surface area contributed by atoms with Gasteiger partial charge in [-0.2, -0.15) is 0 Å². The number of nitrogens with one attached hydrogen (secondary N) is 1. The first-order chi connectivity index (χ1) is 8.20. The summed E-state index contributed by atoms with van der Waals surface area (Å²) < 4.78 is 1.20. The molecule has 0 aliphatic carbocycles. The molecule has 1 saturated heterocycles. The van der Waals surface area contributed by atoms with Gasteiger partial charge in [-0.1, -0.05) is 35.0 Å². The van der Waals surface area contributed by atoms with Gasteiger partial charge in [0.15, 0.2) is 0 Å². The third kappa shape index (κ3) is 3.30. The molecule has 0 atom stereocenters. The fourth-order valence-electron chi connectivity index (χ4n) is 2.25. The van der Waals surface area contributed by atoms with Crippen molar-refractivity contribution in [2.75, 3.05) is 19.6 Å². The van der Waals surface area contributed by atoms with Crippen LogP contribution in [0.5, 0.6) is 0 Å². The van der Waals surface area contributed by atoms with Gasteiger partial charge < -0.3 is 5.32 Å². The van der Waals surface area contributed by atoms with E-state index < -0.39 is 0 Å². The van der Waals surface area contributed by atoms with Crippen molar-refractivity contribution >= 4 is 15.9 Å². The topological polar surface area (TPSA) is 15.3 Å². The lowest BCUT2D eigenvalue weighted by Crippen LogP contribution is -2.56. The highest BCUT2D eigenvalue weighted by molar-refractivity contribution is 9.10. The highest BCUT2D eigenvalue weighted by Crippen LogP contribution is 2.19. The Labute approximate surface area is 113 Å². The van der Waals surface area contributed by atoms with Crippen molar-refractivity contribution in [3.05, 3.63) is 33.8 Å². The predicted octanol–water partition coefficient (Wildman–Crippen LogP) is 2.94. The van der Waals surface area contributed by atoms with Crippen molar-refractivity contribution in [1.82, 2.24) is 10.2 Å². The summed E-state index contributed by atoms with van der Waals surface area (Å²) in [5.41, 5.74) is 2.75. The Morgan fingerprint density at radius 1 is 1.41 bits per heavy atom. The van der Waals surface area contributed by atoms with E-state index in [0.717, 1.165) is 25.7 Å². The van der Waals surface area contributed by atoms with E-state index in [0.29, 0.717) is 0 Å². The molecule has 1 aliphatic rings. The zero-order chi connectivity index (χ0) is 12.3. The fourth-order valence-corrected chi connectivity index (χ4v) is 2.50. The number of benzene rings is 1. The van der Waals surface area contributed by atoms with Crippen molar-refractivity contribution in [1.29, 1.82) is 0 Å². The lowest BCUT2D eigenvalue weighted by molar-refractivity contribution is 0.138. The summed E-state index contributed by atoms with van der Waals surface area (Å²) in [4.78, 5) is 2.60. The second kappa shape index (κ2) is 5.98. The number of halogens is 1. The Morgan fingerprint density at radius 3 is 2.71 bits per heavy atom. The molecule has 0 unspecified atom stereocenters. The van der Waals surface area contributed by atoms with E-state index in [2.05, 4.69) is 58.2 Å². The average molecular weight is 297 g/mol. The molecule has 1 fully saturated rings. The Balaban J connectivity index is 2.02. The number of rotatable bonds is 5. The van der Waals surface area contributed by atoms with E-state index in [9.17, 15) is 0 Å². The average Bonchev–Trinajstić information content (AvgIpc) is 2.21. The SMILES string of the molecule is CCCN(Cc1ccc(Br)c(C)c1)C1CNC1. The van der Waals surface area contributed by atoms with Crippen molar-refractivity contribution in [2.45, 2.75) is 32.9 Å². The first-order valence-corrected chi connectivity index (χ1v) is 7.19. The van der Waals surface area contributed by atoms with E-state index in [1.54, 1.807) is 0 Å². The summed E-state index contributed by atoms with van der Waals surface area (Å²) in [5.74, 6) is 0. The van der Waals surface area contributed by atoms with Gasteiger partial charge in [-0.15, -0.1) is 0 Å². The van der Waals surface area contributed by atoms with Gasteiger partial charge >= 0.3 is 0 Å². The van der Waals surface area contributed by atoms with E-state index in [1.807, 2.05) is 0 Å². The smallest absolute Gasteiger partial charge is 0.0348 e. The molecule has 1 N–H and O–H groups in total. The van der Waals surface area contributed by atoms with Crippen molar-refractivity contribution in [2.24, 2.45) is 0 Å². The molecule has 17 heavy (non-hydrogen) atoms. The van der Waals surface area contributed by atoms with Gasteiger partial charge in [-0.25, -0.2) is 0 Å². The molecule has 2 rings (SSSR count). The van der Waals surface area contributed by atoms with E-state index in [-0.39, 0.29) is 0 Å². The second-order valence-corrected chi connectivity index (χ2v) is 5.72. The van der Waals surface area contributed by atoms with Crippen LogP contribution in [0.4, 0.5) is 0 Å². The highest BCUT2D eigenvalue weighted by Gasteiger charge is 2.23. The maximum Gasteiger partial charge on any atom is 0.0348 e. The molecule has 0 saturated carbocycles. The fraction of sp³-hybridized carbons (Fsp3) is 0.571. The van der Waals surface area contributed by atoms with Crippen molar-refractivity contribution < 1.29 is 0 Å². The Morgan fingerprint density at radius 2 is 2.18 bits per heavy atom. The molecule has 0 bridgehead atoms. The lowest BCUT2D eigenvalue weighted by Gasteiger charge is -2.38. The van der Waals surface area contributed by atoms with Gasteiger partial charge in [-0.05, 0) is 37.1 Å². The third-order valence-corrected chi connectivity index (χ3v) is 4.28. The predicted molar refractivity (Wildman–Crippen MR) is 76.2 cm³/mol. The quantitative estimate of drug-likeness (QED) is 0.899. The normalized spacial score (nSPS) is 16.2. The van der Waals surface area contributed by atoms with E-state index in [1.165, 1.54) is 28.6 Å². The first-order valence-electron chi connectivity index (χ1n) is 6.40. The summed E-state index contributed by atoms with van der Waals surface area (Å²) in [7, 11) is 0. The van der Waals surface area contributed by atoms with Crippen LogP contribution >= 0.6 is 15.9 Å². The molecule has 94 valence electrons. The molecule has 1 aromatic carbocycles. The largest absolute Gasteiger partial charge is 0.314 e. The minimum absolute atomic E-state index is 0.735. The molecule has 1 aromatic rings. The van der Waals surface area contributed by atoms with Crippen LogP contribution in [0.3, 0.4) is 0 Å². The molecule has 0 amide bonds. The van der Waals surface area contributed by atoms with Gasteiger partial charge in [0.1, 0.15) is 0 Å². The second-order valence-electron chi connectivity index (χ2n) is 4.87. The third-order valence-electron chi connectivity index (χ3n) is 3.40. The van der Waals surface area contributed by atoms with Crippen LogP contribution in [0.15, 0.2) is 22.7 Å². The number of hydrogen-bond donors (Lipinski definition) is 1. The number of aryl methyl sites for hydroxylation is 1. The van der Waals surface area contributed by atoms with Crippen LogP contribution < -0.4 is 5.32 Å². The minimum atomic E-state index is 0.735. The van der Waals surface area contributed by atoms with E-state index >= 15 is 0 Å². The van der Waals surface area contributed by atoms with Crippen molar-refractivity contribution in [3.63, 3.8) is 0 Å². The summed E-state index contributed by atoms with van der Waals surface area (Å²) in [6.07, 6.45) is 1.23. The van der Waals surface area contributed by atoms with Crippen LogP contribution in [0.1, 0.15) is 24.5 Å². The van der Waals surface area contributed by atoms with Gasteiger partial charge in [-0.3, -0.25) is 4.90 Å². The van der Waals surface area contributed by atoms with Crippen LogP contribution in [-0.4, -0.2) is 30.6 Å². The van der Waals surface area contributed by atoms with Gasteiger partial charge in [0.25, 0.3) is 0 Å². The van der Waals surface area contributed by atoms with Crippen LogP contribution in [-0.2, 0) is 6.54 Å². The van der Waals surface area contributed by atoms with Gasteiger partial charge in [0.2, 0.25) is 0 Å². The summed E-state index contributed by atoms with van der Waals surface area (Å²) in [6, 6.07) is 7.41. The van der Waals surface area contributed by atoms with E-state index in [4.69, 9.17) is 0 Å². The standard InChI is InChI=1S/C14H21BrN2/c1-3-6-17(13-8-16-9-13)10-12-4-5-14(15)11(2)7-12/h4-5,7,13,16H,3,6,8-10H2,1-2H3. The lowest BCUT2D eigenvalue weighted by atomic mass is 10.1. The molecule has 0 spiro atoms. The molecule has 0 radical (unpaired) electrons. The van der Waals surface area contributed by atoms with Gasteiger partial charge in [0.05, 0.1) is 0 Å². The van der Waals surface area contributed by atoms with Crippen LogP contribution in [0.25, 0.3) is 0 Å². The molecular formula is C14H21BrN2. The minimum Gasteiger partial charge on any atom is -0.314 e. The molecule has 1 aliphatic heterocycles. The first kappa shape index (κ1) is 13.1. The van der Waals surface area contributed by atoms with Crippen LogP contribution in [0.2, 0.25) is 0 Å². The zero-order valence-corrected chi connectivity index (χ0v) is 12.3. The maximum absolute atomic E-state index is 3.56. The zero-order valence-electron chi connectivity index (χ0n) is 10.7. The van der Waals surface area contributed by atoms with Crippen molar-refractivity contribution in [3.8, 4) is 0 Å². The summed E-state index contributed by atoms with van der Waals surface area (Å²) in [6.45, 7) is 8.98. The van der Waals surface area contributed by atoms with Crippen LogP contribution in [0, 0.1) is 6.92 Å².